The van der Waals surface area contributed by atoms with Gasteiger partial charge in [0, 0.05) is 30.5 Å². The quantitative estimate of drug-likeness (QED) is 0.205. The Morgan fingerprint density at radius 1 is 1.06 bits per heavy atom. The molecule has 5 rings (SSSR count). The maximum Gasteiger partial charge on any atom is 0.335 e. The minimum absolute atomic E-state index is 0.176. The zero-order valence-corrected chi connectivity index (χ0v) is 20.3. The molecule has 0 bridgehead atoms. The molecule has 182 valence electrons. The van der Waals surface area contributed by atoms with Crippen molar-refractivity contribution in [2.24, 2.45) is 0 Å². The van der Waals surface area contributed by atoms with Gasteiger partial charge in [0.05, 0.1) is 17.3 Å². The first-order valence-corrected chi connectivity index (χ1v) is 12.2. The lowest BCUT2D eigenvalue weighted by atomic mass is 10.0. The number of rotatable bonds is 9. The first-order chi connectivity index (χ1) is 17.6. The van der Waals surface area contributed by atoms with Crippen molar-refractivity contribution >= 4 is 29.0 Å². The van der Waals surface area contributed by atoms with Crippen LogP contribution in [0.5, 0.6) is 0 Å². The highest BCUT2D eigenvalue weighted by atomic mass is 32.1. The van der Waals surface area contributed by atoms with Gasteiger partial charge in [-0.15, -0.1) is 0 Å². The lowest BCUT2D eigenvalue weighted by Crippen LogP contribution is -2.31. The fourth-order valence-electron chi connectivity index (χ4n) is 4.47. The molecule has 0 amide bonds. The second-order valence-corrected chi connectivity index (χ2v) is 8.94. The molecule has 36 heavy (non-hydrogen) atoms. The molecule has 0 aliphatic carbocycles. The van der Waals surface area contributed by atoms with Gasteiger partial charge in [-0.1, -0.05) is 36.4 Å². The van der Waals surface area contributed by atoms with Gasteiger partial charge in [0.15, 0.2) is 5.11 Å². The number of carboxylic acids is 1. The number of aromatic nitrogens is 1. The third kappa shape index (κ3) is 5.08. The van der Waals surface area contributed by atoms with E-state index >= 15 is 0 Å². The fraction of sp³-hybridized carbons (Fsp3) is 0.179. The van der Waals surface area contributed by atoms with Crippen LogP contribution in [-0.2, 0) is 0 Å². The third-order valence-corrected chi connectivity index (χ3v) is 6.54. The minimum atomic E-state index is -0.973. The van der Waals surface area contributed by atoms with Crippen molar-refractivity contribution in [1.82, 2.24) is 15.2 Å². The lowest BCUT2D eigenvalue weighted by Gasteiger charge is -2.26. The Kier molecular flexibility index (Phi) is 6.95. The van der Waals surface area contributed by atoms with Crippen molar-refractivity contribution in [1.29, 1.82) is 0 Å². The summed E-state index contributed by atoms with van der Waals surface area (Å²) in [6.07, 6.45) is 2.64. The van der Waals surface area contributed by atoms with Crippen LogP contribution in [0.2, 0.25) is 0 Å². The summed E-state index contributed by atoms with van der Waals surface area (Å²) < 4.78 is 6.32. The van der Waals surface area contributed by atoms with Gasteiger partial charge in [0.2, 0.25) is 0 Å². The molecule has 1 aliphatic heterocycles. The number of pyridine rings is 1. The molecule has 2 aromatic heterocycles. The molecule has 2 atom stereocenters. The van der Waals surface area contributed by atoms with E-state index in [1.165, 1.54) is 0 Å². The van der Waals surface area contributed by atoms with Gasteiger partial charge in [-0.2, -0.15) is 0 Å². The van der Waals surface area contributed by atoms with Crippen LogP contribution in [0.3, 0.4) is 0 Å². The molecule has 4 aromatic rings. The van der Waals surface area contributed by atoms with Crippen molar-refractivity contribution < 1.29 is 14.3 Å². The number of benzene rings is 2. The Labute approximate surface area is 214 Å². The zero-order valence-electron chi connectivity index (χ0n) is 19.5. The van der Waals surface area contributed by atoms with E-state index < -0.39 is 5.97 Å². The summed E-state index contributed by atoms with van der Waals surface area (Å²) in [4.78, 5) is 18.1. The van der Waals surface area contributed by atoms with E-state index in [0.717, 1.165) is 36.7 Å². The number of hydrogen-bond donors (Lipinski definition) is 3. The van der Waals surface area contributed by atoms with Gasteiger partial charge in [-0.25, -0.2) is 4.79 Å². The van der Waals surface area contributed by atoms with E-state index in [0.29, 0.717) is 16.4 Å². The van der Waals surface area contributed by atoms with Crippen LogP contribution in [0, 0.1) is 0 Å². The Morgan fingerprint density at radius 3 is 2.67 bits per heavy atom. The highest BCUT2D eigenvalue weighted by Crippen LogP contribution is 2.40. The number of aromatic carboxylic acids is 1. The van der Waals surface area contributed by atoms with Crippen LogP contribution in [0.1, 0.15) is 40.3 Å². The average molecular weight is 499 g/mol. The van der Waals surface area contributed by atoms with Crippen LogP contribution < -0.4 is 10.6 Å². The Hall–Kier alpha value is -4.17. The first-order valence-electron chi connectivity index (χ1n) is 11.8. The molecule has 7 nitrogen and oxygen atoms in total. The van der Waals surface area contributed by atoms with Gasteiger partial charge in [-0.3, -0.25) is 4.98 Å². The number of nitrogens with zero attached hydrogens (tertiary/aromatic N) is 2. The number of anilines is 1. The Morgan fingerprint density at radius 2 is 1.89 bits per heavy atom. The summed E-state index contributed by atoms with van der Waals surface area (Å²) in [6, 6.07) is 26.1. The van der Waals surface area contributed by atoms with Gasteiger partial charge in [0.1, 0.15) is 17.6 Å². The minimum Gasteiger partial charge on any atom is -0.478 e. The monoisotopic (exact) mass is 498 g/mol. The van der Waals surface area contributed by atoms with Crippen LogP contribution in [0.4, 0.5) is 5.69 Å². The number of para-hydroxylation sites is 1. The molecule has 1 aliphatic rings. The highest BCUT2D eigenvalue weighted by Gasteiger charge is 2.41. The summed E-state index contributed by atoms with van der Waals surface area (Å²) in [5.74, 6) is 0.376. The molecule has 2 aromatic carbocycles. The second kappa shape index (κ2) is 10.6. The zero-order chi connectivity index (χ0) is 24.9. The van der Waals surface area contributed by atoms with Crippen LogP contribution in [-0.4, -0.2) is 39.2 Å². The number of hydrogen-bond acceptors (Lipinski definition) is 5. The fourth-order valence-corrected chi connectivity index (χ4v) is 4.80. The maximum absolute atomic E-state index is 11.4. The van der Waals surface area contributed by atoms with E-state index in [9.17, 15) is 9.90 Å². The predicted octanol–water partition coefficient (Wildman–Crippen LogP) is 5.51. The van der Waals surface area contributed by atoms with E-state index in [4.69, 9.17) is 16.6 Å². The smallest absolute Gasteiger partial charge is 0.335 e. The van der Waals surface area contributed by atoms with Gasteiger partial charge < -0.3 is 25.1 Å². The first kappa shape index (κ1) is 23.6. The largest absolute Gasteiger partial charge is 0.478 e. The molecule has 1 fully saturated rings. The van der Waals surface area contributed by atoms with Crippen LogP contribution in [0.15, 0.2) is 95.5 Å². The Bertz CT molecular complexity index is 1340. The summed E-state index contributed by atoms with van der Waals surface area (Å²) in [5, 5.41) is 16.9. The second-order valence-electron chi connectivity index (χ2n) is 8.55. The Balaban J connectivity index is 1.39. The van der Waals surface area contributed by atoms with E-state index in [2.05, 4.69) is 20.5 Å². The molecule has 0 spiro atoms. The summed E-state index contributed by atoms with van der Waals surface area (Å²) in [5.41, 5.74) is 2.89. The normalized spacial score (nSPS) is 17.1. The van der Waals surface area contributed by atoms with Crippen molar-refractivity contribution in [3.63, 3.8) is 0 Å². The lowest BCUT2D eigenvalue weighted by molar-refractivity contribution is 0.0697. The topological polar surface area (TPSA) is 90.6 Å². The number of thiocarbonyl (C=S) groups is 1. The predicted molar refractivity (Wildman–Crippen MR) is 143 cm³/mol. The van der Waals surface area contributed by atoms with Gasteiger partial charge in [0.25, 0.3) is 0 Å². The molecule has 3 N–H and O–H groups in total. The van der Waals surface area contributed by atoms with Gasteiger partial charge in [-0.05, 0) is 67.2 Å². The number of furan rings is 1. The molecule has 3 heterocycles. The third-order valence-electron chi connectivity index (χ3n) is 6.19. The van der Waals surface area contributed by atoms with Crippen molar-refractivity contribution in [3.8, 4) is 11.3 Å². The average Bonchev–Trinajstić information content (AvgIpc) is 3.52. The van der Waals surface area contributed by atoms with Crippen molar-refractivity contribution in [2.75, 3.05) is 18.4 Å². The highest BCUT2D eigenvalue weighted by molar-refractivity contribution is 7.80. The molecule has 0 radical (unpaired) electrons. The van der Waals surface area contributed by atoms with Crippen molar-refractivity contribution in [3.05, 3.63) is 108 Å². The number of nitrogens with one attached hydrogen (secondary N) is 2. The SMILES string of the molecule is O=C(O)c1cccc(-c2ccc([C@@H]3[C@@H](c4ccccn4)NC(=S)N3CCCNc3ccccc3)o2)c1. The molecule has 0 unspecified atom stereocenters. The molecule has 8 heteroatoms. The molecular weight excluding hydrogens is 472 g/mol. The standard InChI is InChI=1S/C28H26N4O3S/c33-27(34)20-9-6-8-19(18-20)23-13-14-24(35-23)26-25(22-12-4-5-15-30-22)31-28(36)32(26)17-7-16-29-21-10-2-1-3-11-21/h1-6,8-15,18,25-26,29H,7,16-17H2,(H,31,36)(H,33,34)/t25-,26-/m1/s1. The van der Waals surface area contributed by atoms with Gasteiger partial charge >= 0.3 is 5.97 Å². The molecule has 0 saturated carbocycles. The number of carboxylic acid groups (broad SMARTS) is 1. The van der Waals surface area contributed by atoms with E-state index in [1.54, 1.807) is 24.4 Å². The van der Waals surface area contributed by atoms with E-state index in [1.807, 2.05) is 66.7 Å². The summed E-state index contributed by atoms with van der Waals surface area (Å²) >= 11 is 5.74. The van der Waals surface area contributed by atoms with Crippen molar-refractivity contribution in [2.45, 2.75) is 18.5 Å². The van der Waals surface area contributed by atoms with Crippen LogP contribution >= 0.6 is 12.2 Å². The van der Waals surface area contributed by atoms with Crippen LogP contribution in [0.25, 0.3) is 11.3 Å². The molecule has 1 saturated heterocycles. The number of carbonyl (C=O) groups is 1. The maximum atomic E-state index is 11.4. The molecular formula is C28H26N4O3S. The summed E-state index contributed by atoms with van der Waals surface area (Å²) in [7, 11) is 0. The summed E-state index contributed by atoms with van der Waals surface area (Å²) in [6.45, 7) is 1.53. The van der Waals surface area contributed by atoms with E-state index in [-0.39, 0.29) is 17.6 Å².